The van der Waals surface area contributed by atoms with Crippen LogP contribution in [0.25, 0.3) is 0 Å². The van der Waals surface area contributed by atoms with Crippen molar-refractivity contribution in [2.75, 3.05) is 26.8 Å². The minimum atomic E-state index is -3.60. The lowest BCUT2D eigenvalue weighted by Gasteiger charge is -2.33. The van der Waals surface area contributed by atoms with Crippen LogP contribution in [0.3, 0.4) is 0 Å². The maximum absolute atomic E-state index is 13.1. The van der Waals surface area contributed by atoms with Crippen LogP contribution in [0.5, 0.6) is 0 Å². The molecule has 0 bridgehead atoms. The summed E-state index contributed by atoms with van der Waals surface area (Å²) in [7, 11) is -1.94. The van der Waals surface area contributed by atoms with Crippen LogP contribution in [0.1, 0.15) is 30.0 Å². The second-order valence-corrected chi connectivity index (χ2v) is 8.40. The lowest BCUT2D eigenvalue weighted by atomic mass is 10.00. The Balaban J connectivity index is 1.84. The van der Waals surface area contributed by atoms with Gasteiger partial charge in [0.1, 0.15) is 0 Å². The number of hydrogen-bond donors (Lipinski definition) is 1. The third-order valence-electron chi connectivity index (χ3n) is 4.76. The molecule has 2 aromatic rings. The van der Waals surface area contributed by atoms with E-state index in [1.165, 1.54) is 0 Å². The van der Waals surface area contributed by atoms with Crippen LogP contribution in [-0.2, 0) is 14.9 Å². The molecule has 0 radical (unpaired) electrons. The molecule has 1 saturated heterocycles. The molecule has 140 valence electrons. The summed E-state index contributed by atoms with van der Waals surface area (Å²) in [6.45, 7) is 1.64. The van der Waals surface area contributed by atoms with Crippen molar-refractivity contribution in [1.82, 2.24) is 9.03 Å². The van der Waals surface area contributed by atoms with Gasteiger partial charge in [-0.3, -0.25) is 0 Å². The summed E-state index contributed by atoms with van der Waals surface area (Å²) < 4.78 is 35.8. The van der Waals surface area contributed by atoms with Crippen molar-refractivity contribution in [3.63, 3.8) is 0 Å². The van der Waals surface area contributed by atoms with E-state index in [9.17, 15) is 8.42 Å². The Morgan fingerprint density at radius 1 is 1.08 bits per heavy atom. The number of hydrogen-bond acceptors (Lipinski definition) is 3. The highest BCUT2D eigenvalue weighted by Crippen LogP contribution is 2.25. The molecule has 1 heterocycles. The van der Waals surface area contributed by atoms with Gasteiger partial charge in [-0.05, 0) is 29.9 Å². The minimum Gasteiger partial charge on any atom is -0.384 e. The quantitative estimate of drug-likeness (QED) is 0.811. The molecule has 1 fully saturated rings. The van der Waals surface area contributed by atoms with Crippen LogP contribution in [0.15, 0.2) is 60.7 Å². The second-order valence-electron chi connectivity index (χ2n) is 6.70. The number of rotatable bonds is 7. The lowest BCUT2D eigenvalue weighted by Crippen LogP contribution is -2.47. The van der Waals surface area contributed by atoms with Crippen LogP contribution < -0.4 is 4.72 Å². The van der Waals surface area contributed by atoms with Crippen LogP contribution in [0.2, 0.25) is 0 Å². The first-order valence-corrected chi connectivity index (χ1v) is 10.4. The molecule has 0 aliphatic carbocycles. The fourth-order valence-electron chi connectivity index (χ4n) is 3.46. The normalized spacial score (nSPS) is 18.9. The van der Waals surface area contributed by atoms with Gasteiger partial charge in [-0.15, -0.1) is 0 Å². The topological polar surface area (TPSA) is 58.6 Å². The number of methoxy groups -OCH3 is 1. The van der Waals surface area contributed by atoms with Gasteiger partial charge >= 0.3 is 0 Å². The number of ether oxygens (including phenoxy) is 1. The monoisotopic (exact) mass is 374 g/mol. The molecule has 0 amide bonds. The van der Waals surface area contributed by atoms with Crippen molar-refractivity contribution < 1.29 is 13.2 Å². The molecule has 1 atom stereocenters. The zero-order valence-corrected chi connectivity index (χ0v) is 15.9. The molecule has 1 unspecified atom stereocenters. The molecular formula is C20H26N2O3S. The fourth-order valence-corrected chi connectivity index (χ4v) is 4.96. The molecule has 1 aliphatic heterocycles. The van der Waals surface area contributed by atoms with Gasteiger partial charge in [-0.2, -0.15) is 17.4 Å². The predicted octanol–water partition coefficient (Wildman–Crippen LogP) is 2.97. The molecule has 6 heteroatoms. The number of benzene rings is 2. The average Bonchev–Trinajstić information content (AvgIpc) is 2.68. The molecule has 0 aromatic heterocycles. The lowest BCUT2D eigenvalue weighted by molar-refractivity contribution is 0.118. The van der Waals surface area contributed by atoms with Crippen molar-refractivity contribution >= 4 is 10.2 Å². The Labute approximate surface area is 156 Å². The zero-order chi connectivity index (χ0) is 18.4. The van der Waals surface area contributed by atoms with E-state index in [1.807, 2.05) is 60.7 Å². The maximum Gasteiger partial charge on any atom is 0.280 e. The van der Waals surface area contributed by atoms with E-state index in [1.54, 1.807) is 11.4 Å². The van der Waals surface area contributed by atoms with Gasteiger partial charge in [-0.25, -0.2) is 0 Å². The van der Waals surface area contributed by atoms with E-state index in [4.69, 9.17) is 4.74 Å². The largest absolute Gasteiger partial charge is 0.384 e. The summed E-state index contributed by atoms with van der Waals surface area (Å²) in [5.41, 5.74) is 1.85. The molecule has 1 N–H and O–H groups in total. The standard InChI is InChI=1S/C20H26N2O3S/c1-25-16-17-9-8-14-22(15-17)26(23,24)21-20(18-10-4-2-5-11-18)19-12-6-3-7-13-19/h2-7,10-13,17,20-21H,8-9,14-16H2,1H3. The maximum atomic E-state index is 13.1. The highest BCUT2D eigenvalue weighted by atomic mass is 32.2. The molecule has 0 spiro atoms. The van der Waals surface area contributed by atoms with Crippen LogP contribution >= 0.6 is 0 Å². The van der Waals surface area contributed by atoms with Crippen LogP contribution in [0.4, 0.5) is 0 Å². The Morgan fingerprint density at radius 2 is 1.65 bits per heavy atom. The summed E-state index contributed by atoms with van der Waals surface area (Å²) in [4.78, 5) is 0. The highest BCUT2D eigenvalue weighted by Gasteiger charge is 2.31. The van der Waals surface area contributed by atoms with Gasteiger partial charge in [0.2, 0.25) is 0 Å². The summed E-state index contributed by atoms with van der Waals surface area (Å²) in [6, 6.07) is 18.9. The number of nitrogens with one attached hydrogen (secondary N) is 1. The van der Waals surface area contributed by atoms with Gasteiger partial charge in [0.15, 0.2) is 0 Å². The predicted molar refractivity (Wildman–Crippen MR) is 103 cm³/mol. The van der Waals surface area contributed by atoms with Crippen molar-refractivity contribution in [2.24, 2.45) is 5.92 Å². The first-order valence-electron chi connectivity index (χ1n) is 8.96. The summed E-state index contributed by atoms with van der Waals surface area (Å²) in [5, 5.41) is 0. The average molecular weight is 375 g/mol. The molecule has 1 aliphatic rings. The molecule has 0 saturated carbocycles. The Morgan fingerprint density at radius 3 is 2.19 bits per heavy atom. The van der Waals surface area contributed by atoms with E-state index >= 15 is 0 Å². The summed E-state index contributed by atoms with van der Waals surface area (Å²) in [6.07, 6.45) is 1.86. The van der Waals surface area contributed by atoms with E-state index in [0.717, 1.165) is 24.0 Å². The summed E-state index contributed by atoms with van der Waals surface area (Å²) in [5.74, 6) is 0.247. The van der Waals surface area contributed by atoms with Gasteiger partial charge in [0.25, 0.3) is 10.2 Å². The van der Waals surface area contributed by atoms with Crippen LogP contribution in [0, 0.1) is 5.92 Å². The molecule has 5 nitrogen and oxygen atoms in total. The van der Waals surface area contributed by atoms with E-state index in [0.29, 0.717) is 19.7 Å². The molecule has 26 heavy (non-hydrogen) atoms. The first-order chi connectivity index (χ1) is 12.6. The third-order valence-corrected chi connectivity index (χ3v) is 6.30. The number of nitrogens with zero attached hydrogens (tertiary/aromatic N) is 1. The Kier molecular flexibility index (Phi) is 6.43. The minimum absolute atomic E-state index is 0.247. The smallest absolute Gasteiger partial charge is 0.280 e. The van der Waals surface area contributed by atoms with Crippen molar-refractivity contribution in [3.05, 3.63) is 71.8 Å². The fraction of sp³-hybridized carbons (Fsp3) is 0.400. The van der Waals surface area contributed by atoms with Crippen LogP contribution in [-0.4, -0.2) is 39.5 Å². The Hall–Kier alpha value is -1.73. The number of piperidine rings is 1. The SMILES string of the molecule is COCC1CCCN(S(=O)(=O)NC(c2ccccc2)c2ccccc2)C1. The van der Waals surface area contributed by atoms with Crippen molar-refractivity contribution in [3.8, 4) is 0 Å². The van der Waals surface area contributed by atoms with E-state index in [-0.39, 0.29) is 5.92 Å². The second kappa shape index (κ2) is 8.77. The van der Waals surface area contributed by atoms with Gasteiger partial charge in [-0.1, -0.05) is 60.7 Å². The summed E-state index contributed by atoms with van der Waals surface area (Å²) >= 11 is 0. The molecule has 3 rings (SSSR count). The Bertz CT molecular complexity index is 740. The zero-order valence-electron chi connectivity index (χ0n) is 15.0. The highest BCUT2D eigenvalue weighted by molar-refractivity contribution is 7.87. The van der Waals surface area contributed by atoms with E-state index < -0.39 is 16.3 Å². The third kappa shape index (κ3) is 4.71. The first kappa shape index (κ1) is 19.0. The molecular weight excluding hydrogens is 348 g/mol. The van der Waals surface area contributed by atoms with Gasteiger partial charge < -0.3 is 4.74 Å². The van der Waals surface area contributed by atoms with E-state index in [2.05, 4.69) is 4.72 Å². The van der Waals surface area contributed by atoms with Crippen molar-refractivity contribution in [1.29, 1.82) is 0 Å². The van der Waals surface area contributed by atoms with Gasteiger partial charge in [0.05, 0.1) is 12.6 Å². The van der Waals surface area contributed by atoms with Gasteiger partial charge in [0, 0.05) is 20.2 Å². The van der Waals surface area contributed by atoms with Crippen molar-refractivity contribution in [2.45, 2.75) is 18.9 Å². The molecule has 2 aromatic carbocycles.